The van der Waals surface area contributed by atoms with Crippen LogP contribution in [0.15, 0.2) is 12.7 Å². The van der Waals surface area contributed by atoms with Gasteiger partial charge in [0.05, 0.1) is 12.1 Å². The largest absolute Gasteiger partial charge is 0.333 e. The Morgan fingerprint density at radius 3 is 2.23 bits per heavy atom. The van der Waals surface area contributed by atoms with Crippen molar-refractivity contribution in [2.75, 3.05) is 47.3 Å². The summed E-state index contributed by atoms with van der Waals surface area (Å²) in [4.78, 5) is 42.3. The van der Waals surface area contributed by atoms with Gasteiger partial charge in [-0.1, -0.05) is 6.58 Å². The van der Waals surface area contributed by atoms with Crippen LogP contribution in [0.3, 0.4) is 0 Å². The van der Waals surface area contributed by atoms with Gasteiger partial charge in [-0.3, -0.25) is 9.59 Å². The molecule has 0 radical (unpaired) electrons. The minimum Gasteiger partial charge on any atom is -0.333 e. The fraction of sp³-hybridized carbons (Fsp3) is 0.667. The minimum atomic E-state index is -0.473. The maximum absolute atomic E-state index is 12.4. The number of amides is 4. The standard InChI is InChI=1S/C15H26N4O3/c1-7-12(20)17(6)10-13(21)19-9-8-18(11-15(19,2)3)14(22)16(4)5/h7H,1,8-11H2,2-6H3. The third-order valence-electron chi connectivity index (χ3n) is 3.78. The van der Waals surface area contributed by atoms with Gasteiger partial charge in [0.1, 0.15) is 0 Å². The molecule has 0 bridgehead atoms. The van der Waals surface area contributed by atoms with Crippen molar-refractivity contribution in [3.63, 3.8) is 0 Å². The molecule has 0 aromatic rings. The molecule has 0 unspecified atom stereocenters. The van der Waals surface area contributed by atoms with Crippen LogP contribution in [0.2, 0.25) is 0 Å². The Labute approximate surface area is 132 Å². The molecular formula is C15H26N4O3. The monoisotopic (exact) mass is 310 g/mol. The predicted molar refractivity (Wildman–Crippen MR) is 84.3 cm³/mol. The van der Waals surface area contributed by atoms with Crippen LogP contribution in [0.25, 0.3) is 0 Å². The van der Waals surface area contributed by atoms with Gasteiger partial charge in [0.15, 0.2) is 0 Å². The van der Waals surface area contributed by atoms with Crippen LogP contribution >= 0.6 is 0 Å². The molecule has 1 aliphatic rings. The molecule has 1 saturated heterocycles. The lowest BCUT2D eigenvalue weighted by molar-refractivity contribution is -0.143. The summed E-state index contributed by atoms with van der Waals surface area (Å²) in [7, 11) is 4.99. The lowest BCUT2D eigenvalue weighted by atomic mass is 9.98. The molecular weight excluding hydrogens is 284 g/mol. The smallest absolute Gasteiger partial charge is 0.319 e. The van der Waals surface area contributed by atoms with E-state index < -0.39 is 5.54 Å². The van der Waals surface area contributed by atoms with Gasteiger partial charge in [-0.15, -0.1) is 0 Å². The summed E-state index contributed by atoms with van der Waals surface area (Å²) in [5.74, 6) is -0.410. The second-order valence-corrected chi connectivity index (χ2v) is 6.35. The highest BCUT2D eigenvalue weighted by molar-refractivity contribution is 5.91. The number of piperazine rings is 1. The molecule has 0 spiro atoms. The highest BCUT2D eigenvalue weighted by Crippen LogP contribution is 2.22. The average Bonchev–Trinajstić information content (AvgIpc) is 2.43. The van der Waals surface area contributed by atoms with Gasteiger partial charge >= 0.3 is 6.03 Å². The molecule has 4 amide bonds. The van der Waals surface area contributed by atoms with Crippen LogP contribution in [0, 0.1) is 0 Å². The van der Waals surface area contributed by atoms with E-state index in [-0.39, 0.29) is 24.4 Å². The third kappa shape index (κ3) is 3.99. The Kier molecular flexibility index (Phi) is 5.57. The Morgan fingerprint density at radius 2 is 1.77 bits per heavy atom. The maximum atomic E-state index is 12.4. The molecule has 22 heavy (non-hydrogen) atoms. The summed E-state index contributed by atoms with van der Waals surface area (Å²) in [5.41, 5.74) is -0.473. The lowest BCUT2D eigenvalue weighted by Crippen LogP contribution is -2.64. The molecule has 7 heteroatoms. The van der Waals surface area contributed by atoms with E-state index in [0.717, 1.165) is 0 Å². The lowest BCUT2D eigenvalue weighted by Gasteiger charge is -2.47. The van der Waals surface area contributed by atoms with Crippen LogP contribution in [0.1, 0.15) is 13.8 Å². The van der Waals surface area contributed by atoms with E-state index in [4.69, 9.17) is 0 Å². The zero-order valence-corrected chi connectivity index (χ0v) is 14.1. The Morgan fingerprint density at radius 1 is 1.18 bits per heavy atom. The van der Waals surface area contributed by atoms with E-state index in [1.165, 1.54) is 15.9 Å². The molecule has 1 aliphatic heterocycles. The van der Waals surface area contributed by atoms with Crippen molar-refractivity contribution in [2.24, 2.45) is 0 Å². The SMILES string of the molecule is C=CC(=O)N(C)CC(=O)N1CCN(C(=O)N(C)C)CC1(C)C. The van der Waals surface area contributed by atoms with Crippen LogP contribution < -0.4 is 0 Å². The number of urea groups is 1. The first-order valence-electron chi connectivity index (χ1n) is 7.24. The molecule has 0 aliphatic carbocycles. The van der Waals surface area contributed by atoms with Crippen LogP contribution in [-0.4, -0.2) is 90.3 Å². The van der Waals surface area contributed by atoms with Crippen molar-refractivity contribution in [2.45, 2.75) is 19.4 Å². The van der Waals surface area contributed by atoms with Crippen LogP contribution in [-0.2, 0) is 9.59 Å². The van der Waals surface area contributed by atoms with Crippen molar-refractivity contribution >= 4 is 17.8 Å². The topological polar surface area (TPSA) is 64.2 Å². The fourth-order valence-corrected chi connectivity index (χ4v) is 2.59. The summed E-state index contributed by atoms with van der Waals surface area (Å²) < 4.78 is 0. The summed E-state index contributed by atoms with van der Waals surface area (Å²) in [5, 5.41) is 0. The number of hydrogen-bond acceptors (Lipinski definition) is 3. The van der Waals surface area contributed by atoms with E-state index in [1.807, 2.05) is 13.8 Å². The van der Waals surface area contributed by atoms with E-state index in [1.54, 1.807) is 30.9 Å². The van der Waals surface area contributed by atoms with E-state index in [9.17, 15) is 14.4 Å². The molecule has 0 N–H and O–H groups in total. The van der Waals surface area contributed by atoms with E-state index in [0.29, 0.717) is 19.6 Å². The normalized spacial score (nSPS) is 17.0. The Bertz CT molecular complexity index is 473. The quantitative estimate of drug-likeness (QED) is 0.701. The van der Waals surface area contributed by atoms with Gasteiger partial charge < -0.3 is 19.6 Å². The molecule has 1 heterocycles. The zero-order valence-electron chi connectivity index (χ0n) is 14.1. The number of carbonyl (C=O) groups excluding carboxylic acids is 3. The van der Waals surface area contributed by atoms with Crippen molar-refractivity contribution in [1.82, 2.24) is 19.6 Å². The molecule has 0 aromatic carbocycles. The molecule has 124 valence electrons. The third-order valence-corrected chi connectivity index (χ3v) is 3.78. The van der Waals surface area contributed by atoms with Crippen molar-refractivity contribution in [1.29, 1.82) is 0 Å². The van der Waals surface area contributed by atoms with Gasteiger partial charge in [0.2, 0.25) is 11.8 Å². The maximum Gasteiger partial charge on any atom is 0.319 e. The first-order valence-corrected chi connectivity index (χ1v) is 7.24. The molecule has 0 saturated carbocycles. The van der Waals surface area contributed by atoms with Crippen molar-refractivity contribution in [3.8, 4) is 0 Å². The molecule has 0 atom stereocenters. The molecule has 0 aromatic heterocycles. The second-order valence-electron chi connectivity index (χ2n) is 6.35. The van der Waals surface area contributed by atoms with Gasteiger partial charge in [0, 0.05) is 40.8 Å². The van der Waals surface area contributed by atoms with Crippen molar-refractivity contribution < 1.29 is 14.4 Å². The summed E-state index contributed by atoms with van der Waals surface area (Å²) in [6, 6.07) is -0.0564. The number of hydrogen-bond donors (Lipinski definition) is 0. The second kappa shape index (κ2) is 6.81. The highest BCUT2D eigenvalue weighted by Gasteiger charge is 2.38. The molecule has 1 fully saturated rings. The Balaban J connectivity index is 2.74. The summed E-state index contributed by atoms with van der Waals surface area (Å²) in [6.45, 7) is 8.69. The van der Waals surface area contributed by atoms with E-state index in [2.05, 4.69) is 6.58 Å². The number of carbonyl (C=O) groups is 3. The first-order chi connectivity index (χ1) is 10.1. The number of likely N-dealkylation sites (N-methyl/N-ethyl adjacent to an activating group) is 1. The minimum absolute atomic E-state index is 0.00983. The van der Waals surface area contributed by atoms with E-state index >= 15 is 0 Å². The van der Waals surface area contributed by atoms with Crippen molar-refractivity contribution in [3.05, 3.63) is 12.7 Å². The summed E-state index contributed by atoms with van der Waals surface area (Å²) in [6.07, 6.45) is 1.19. The van der Waals surface area contributed by atoms with Gasteiger partial charge in [-0.25, -0.2) is 4.79 Å². The number of rotatable bonds is 3. The summed E-state index contributed by atoms with van der Waals surface area (Å²) >= 11 is 0. The van der Waals surface area contributed by atoms with Gasteiger partial charge in [0.25, 0.3) is 0 Å². The van der Waals surface area contributed by atoms with Gasteiger partial charge in [-0.2, -0.15) is 0 Å². The first kappa shape index (κ1) is 18.0. The van der Waals surface area contributed by atoms with Gasteiger partial charge in [-0.05, 0) is 19.9 Å². The average molecular weight is 310 g/mol. The fourth-order valence-electron chi connectivity index (χ4n) is 2.59. The number of nitrogens with zero attached hydrogens (tertiary/aromatic N) is 4. The predicted octanol–water partition coefficient (Wildman–Crippen LogP) is 0.235. The molecule has 1 rings (SSSR count). The highest BCUT2D eigenvalue weighted by atomic mass is 16.2. The van der Waals surface area contributed by atoms with Crippen LogP contribution in [0.5, 0.6) is 0 Å². The zero-order chi connectivity index (χ0) is 17.1. The molecule has 7 nitrogen and oxygen atoms in total. The Hall–Kier alpha value is -2.05. The van der Waals surface area contributed by atoms with Crippen LogP contribution in [0.4, 0.5) is 4.79 Å².